The molecule has 0 aromatic heterocycles. The zero-order valence-electron chi connectivity index (χ0n) is 12.8. The van der Waals surface area contributed by atoms with E-state index in [0.717, 1.165) is 19.3 Å². The van der Waals surface area contributed by atoms with Gasteiger partial charge in [0.25, 0.3) is 5.91 Å². The fourth-order valence-electron chi connectivity index (χ4n) is 2.83. The Morgan fingerprint density at radius 3 is 2.59 bits per heavy atom. The monoisotopic (exact) mass is 325 g/mol. The molecule has 0 saturated carbocycles. The van der Waals surface area contributed by atoms with Gasteiger partial charge < -0.3 is 11.1 Å². The number of sulfonamides is 1. The Bertz CT molecular complexity index is 611. The predicted octanol–water partition coefficient (Wildman–Crippen LogP) is 0.938. The summed E-state index contributed by atoms with van der Waals surface area (Å²) in [5, 5.41) is 2.51. The van der Waals surface area contributed by atoms with Gasteiger partial charge in [0.15, 0.2) is 0 Å². The molecule has 1 atom stereocenters. The van der Waals surface area contributed by atoms with Crippen molar-refractivity contribution in [2.24, 2.45) is 5.73 Å². The van der Waals surface area contributed by atoms with Crippen LogP contribution in [0.3, 0.4) is 0 Å². The third kappa shape index (κ3) is 3.48. The average Bonchev–Trinajstić information content (AvgIpc) is 2.55. The summed E-state index contributed by atoms with van der Waals surface area (Å²) in [6, 6.07) is 6.03. The van der Waals surface area contributed by atoms with Gasteiger partial charge in [0.1, 0.15) is 0 Å². The van der Waals surface area contributed by atoms with E-state index in [-0.39, 0.29) is 16.8 Å². The van der Waals surface area contributed by atoms with Crippen LogP contribution in [0.4, 0.5) is 0 Å². The molecule has 1 saturated heterocycles. The molecule has 1 aliphatic rings. The second-order valence-electron chi connectivity index (χ2n) is 5.45. The van der Waals surface area contributed by atoms with Crippen molar-refractivity contribution in [3.8, 4) is 0 Å². The molecular weight excluding hydrogens is 302 g/mol. The van der Waals surface area contributed by atoms with Crippen LogP contribution < -0.4 is 11.1 Å². The summed E-state index contributed by atoms with van der Waals surface area (Å²) in [5.41, 5.74) is 6.05. The molecule has 1 aromatic carbocycles. The highest BCUT2D eigenvalue weighted by molar-refractivity contribution is 7.89. The van der Waals surface area contributed by atoms with Crippen molar-refractivity contribution >= 4 is 15.9 Å². The van der Waals surface area contributed by atoms with E-state index >= 15 is 0 Å². The zero-order valence-corrected chi connectivity index (χ0v) is 13.6. The molecule has 1 fully saturated rings. The molecule has 0 radical (unpaired) electrons. The van der Waals surface area contributed by atoms with Gasteiger partial charge in [-0.3, -0.25) is 4.79 Å². The SMILES string of the molecule is CNC(=O)c1ccc(S(=O)(=O)N2CCCCC2CCN)cc1. The molecule has 1 heterocycles. The number of amides is 1. The van der Waals surface area contributed by atoms with E-state index in [1.54, 1.807) is 4.31 Å². The van der Waals surface area contributed by atoms with Gasteiger partial charge in [-0.25, -0.2) is 8.42 Å². The van der Waals surface area contributed by atoms with Crippen molar-refractivity contribution in [1.82, 2.24) is 9.62 Å². The summed E-state index contributed by atoms with van der Waals surface area (Å²) in [4.78, 5) is 11.8. The fraction of sp³-hybridized carbons (Fsp3) is 0.533. The molecule has 1 unspecified atom stereocenters. The second kappa shape index (κ2) is 7.21. The minimum absolute atomic E-state index is 0.0256. The topological polar surface area (TPSA) is 92.5 Å². The number of nitrogens with one attached hydrogen (secondary N) is 1. The van der Waals surface area contributed by atoms with Crippen molar-refractivity contribution in [2.45, 2.75) is 36.6 Å². The summed E-state index contributed by atoms with van der Waals surface area (Å²) in [6.07, 6.45) is 3.44. The number of carbonyl (C=O) groups is 1. The first-order valence-corrected chi connectivity index (χ1v) is 8.98. The van der Waals surface area contributed by atoms with Crippen LogP contribution >= 0.6 is 0 Å². The van der Waals surface area contributed by atoms with E-state index < -0.39 is 10.0 Å². The molecule has 0 spiro atoms. The van der Waals surface area contributed by atoms with Gasteiger partial charge in [-0.05, 0) is 50.1 Å². The summed E-state index contributed by atoms with van der Waals surface area (Å²) < 4.78 is 27.2. The normalized spacial score (nSPS) is 19.8. The molecule has 1 amide bonds. The molecule has 3 N–H and O–H groups in total. The number of nitrogens with two attached hydrogens (primary N) is 1. The average molecular weight is 325 g/mol. The molecule has 1 aliphatic heterocycles. The molecular formula is C15H23N3O3S. The third-order valence-corrected chi connectivity index (χ3v) is 5.99. The second-order valence-corrected chi connectivity index (χ2v) is 7.34. The maximum atomic E-state index is 12.8. The Balaban J connectivity index is 2.26. The van der Waals surface area contributed by atoms with Gasteiger partial charge >= 0.3 is 0 Å². The summed E-state index contributed by atoms with van der Waals surface area (Å²) in [7, 11) is -2.00. The largest absolute Gasteiger partial charge is 0.355 e. The van der Waals surface area contributed by atoms with Crippen molar-refractivity contribution in [2.75, 3.05) is 20.1 Å². The Labute approximate surface area is 131 Å². The van der Waals surface area contributed by atoms with Crippen LogP contribution in [-0.2, 0) is 10.0 Å². The van der Waals surface area contributed by atoms with E-state index in [4.69, 9.17) is 5.73 Å². The lowest BCUT2D eigenvalue weighted by molar-refractivity contribution is 0.0963. The van der Waals surface area contributed by atoms with E-state index in [2.05, 4.69) is 5.32 Å². The van der Waals surface area contributed by atoms with Gasteiger partial charge in [-0.2, -0.15) is 4.31 Å². The fourth-order valence-corrected chi connectivity index (χ4v) is 4.55. The van der Waals surface area contributed by atoms with Crippen LogP contribution in [0.1, 0.15) is 36.0 Å². The van der Waals surface area contributed by atoms with Crippen LogP contribution in [0.5, 0.6) is 0 Å². The van der Waals surface area contributed by atoms with Crippen molar-refractivity contribution in [3.05, 3.63) is 29.8 Å². The van der Waals surface area contributed by atoms with E-state index in [9.17, 15) is 13.2 Å². The first kappa shape index (κ1) is 16.9. The van der Waals surface area contributed by atoms with Gasteiger partial charge in [0, 0.05) is 25.2 Å². The number of benzene rings is 1. The number of carbonyl (C=O) groups excluding carboxylic acids is 1. The summed E-state index contributed by atoms with van der Waals surface area (Å²) in [6.45, 7) is 1.01. The lowest BCUT2D eigenvalue weighted by Crippen LogP contribution is -2.44. The van der Waals surface area contributed by atoms with Crippen LogP contribution in [0.2, 0.25) is 0 Å². The first-order valence-electron chi connectivity index (χ1n) is 7.54. The third-order valence-electron chi connectivity index (χ3n) is 4.02. The van der Waals surface area contributed by atoms with Crippen LogP contribution in [0.25, 0.3) is 0 Å². The summed E-state index contributed by atoms with van der Waals surface area (Å²) in [5.74, 6) is -0.233. The predicted molar refractivity (Wildman–Crippen MR) is 85.0 cm³/mol. The van der Waals surface area contributed by atoms with Crippen molar-refractivity contribution in [3.63, 3.8) is 0 Å². The standard InChI is InChI=1S/C15H23N3O3S/c1-17-15(19)12-5-7-14(8-6-12)22(20,21)18-11-3-2-4-13(18)9-10-16/h5-8,13H,2-4,9-11,16H2,1H3,(H,17,19). The number of piperidine rings is 1. The Morgan fingerprint density at radius 2 is 2.00 bits per heavy atom. The first-order chi connectivity index (χ1) is 10.5. The van der Waals surface area contributed by atoms with Crippen LogP contribution in [0, 0.1) is 0 Å². The molecule has 2 rings (SSSR count). The maximum Gasteiger partial charge on any atom is 0.251 e. The quantitative estimate of drug-likeness (QED) is 0.842. The van der Waals surface area contributed by atoms with Gasteiger partial charge in [0.05, 0.1) is 4.90 Å². The van der Waals surface area contributed by atoms with Crippen LogP contribution in [-0.4, -0.2) is 44.8 Å². The molecule has 6 nitrogen and oxygen atoms in total. The highest BCUT2D eigenvalue weighted by Gasteiger charge is 2.32. The molecule has 1 aromatic rings. The Kier molecular flexibility index (Phi) is 5.55. The van der Waals surface area contributed by atoms with E-state index in [1.165, 1.54) is 31.3 Å². The number of rotatable bonds is 5. The molecule has 0 aliphatic carbocycles. The lowest BCUT2D eigenvalue weighted by atomic mass is 10.0. The van der Waals surface area contributed by atoms with E-state index in [1.807, 2.05) is 0 Å². The van der Waals surface area contributed by atoms with Gasteiger partial charge in [0.2, 0.25) is 10.0 Å². The van der Waals surface area contributed by atoms with Crippen molar-refractivity contribution in [1.29, 1.82) is 0 Å². The smallest absolute Gasteiger partial charge is 0.251 e. The number of hydrogen-bond donors (Lipinski definition) is 2. The maximum absolute atomic E-state index is 12.8. The highest BCUT2D eigenvalue weighted by Crippen LogP contribution is 2.27. The Hall–Kier alpha value is -1.44. The molecule has 122 valence electrons. The minimum Gasteiger partial charge on any atom is -0.355 e. The van der Waals surface area contributed by atoms with Crippen molar-refractivity contribution < 1.29 is 13.2 Å². The lowest BCUT2D eigenvalue weighted by Gasteiger charge is -2.34. The van der Waals surface area contributed by atoms with E-state index in [0.29, 0.717) is 25.1 Å². The van der Waals surface area contributed by atoms with Gasteiger partial charge in [-0.1, -0.05) is 6.42 Å². The zero-order chi connectivity index (χ0) is 16.2. The molecule has 7 heteroatoms. The molecule has 0 bridgehead atoms. The number of hydrogen-bond acceptors (Lipinski definition) is 4. The number of nitrogens with zero attached hydrogens (tertiary/aromatic N) is 1. The minimum atomic E-state index is -3.54. The summed E-state index contributed by atoms with van der Waals surface area (Å²) >= 11 is 0. The Morgan fingerprint density at radius 1 is 1.32 bits per heavy atom. The van der Waals surface area contributed by atoms with Gasteiger partial charge in [-0.15, -0.1) is 0 Å². The highest BCUT2D eigenvalue weighted by atomic mass is 32.2. The molecule has 22 heavy (non-hydrogen) atoms. The van der Waals surface area contributed by atoms with Crippen LogP contribution in [0.15, 0.2) is 29.2 Å².